The Labute approximate surface area is 174 Å². The van der Waals surface area contributed by atoms with Crippen molar-refractivity contribution in [2.45, 2.75) is 25.5 Å². The number of ether oxygens (including phenoxy) is 1. The largest absolute Gasteiger partial charge is 0.497 e. The molecule has 0 atom stereocenters. The summed E-state index contributed by atoms with van der Waals surface area (Å²) in [6, 6.07) is 7.61. The van der Waals surface area contributed by atoms with E-state index >= 15 is 0 Å². The fourth-order valence-electron chi connectivity index (χ4n) is 2.90. The summed E-state index contributed by atoms with van der Waals surface area (Å²) in [4.78, 5) is 12.5. The molecular formula is C20H24N6O2S. The number of methoxy groups -OCH3 is 1. The van der Waals surface area contributed by atoms with Gasteiger partial charge in [-0.15, -0.1) is 16.8 Å². The van der Waals surface area contributed by atoms with Crippen LogP contribution in [0.25, 0.3) is 11.4 Å². The number of hydrogen-bond acceptors (Lipinski definition) is 6. The third kappa shape index (κ3) is 4.51. The normalized spacial score (nSPS) is 10.8. The average Bonchev–Trinajstić information content (AvgIpc) is 3.22. The molecule has 0 aliphatic carbocycles. The molecule has 0 radical (unpaired) electrons. The van der Waals surface area contributed by atoms with E-state index in [2.05, 4.69) is 27.2 Å². The number of anilines is 1. The van der Waals surface area contributed by atoms with Gasteiger partial charge in [-0.05, 0) is 38.1 Å². The fourth-order valence-corrected chi connectivity index (χ4v) is 3.65. The van der Waals surface area contributed by atoms with Gasteiger partial charge < -0.3 is 10.1 Å². The van der Waals surface area contributed by atoms with Crippen LogP contribution in [0.4, 0.5) is 5.69 Å². The summed E-state index contributed by atoms with van der Waals surface area (Å²) in [6.07, 6.45) is 1.78. The van der Waals surface area contributed by atoms with Crippen LogP contribution in [0.5, 0.6) is 5.75 Å². The van der Waals surface area contributed by atoms with Gasteiger partial charge >= 0.3 is 0 Å². The Morgan fingerprint density at radius 2 is 2.00 bits per heavy atom. The van der Waals surface area contributed by atoms with Gasteiger partial charge in [-0.1, -0.05) is 17.8 Å². The van der Waals surface area contributed by atoms with E-state index in [4.69, 9.17) is 4.74 Å². The van der Waals surface area contributed by atoms with Crippen LogP contribution in [0.3, 0.4) is 0 Å². The van der Waals surface area contributed by atoms with E-state index in [1.54, 1.807) is 17.9 Å². The molecule has 8 nitrogen and oxygen atoms in total. The Balaban J connectivity index is 1.74. The quantitative estimate of drug-likeness (QED) is 0.452. The van der Waals surface area contributed by atoms with Crippen LogP contribution in [0, 0.1) is 13.8 Å². The van der Waals surface area contributed by atoms with Crippen LogP contribution in [0.2, 0.25) is 0 Å². The molecule has 2 heterocycles. The molecule has 3 aromatic rings. The molecule has 1 amide bonds. The zero-order valence-electron chi connectivity index (χ0n) is 17.0. The molecular weight excluding hydrogens is 388 g/mol. The lowest BCUT2D eigenvalue weighted by atomic mass is 10.2. The standard InChI is InChI=1S/C20H24N6O2S/c1-6-11-26-19(15-7-9-16(28-5)10-8-15)22-23-20(26)29-12-17(27)21-18-13(2)24-25(4)14(18)3/h6-10H,1,11-12H2,2-5H3,(H,21,27). The highest BCUT2D eigenvalue weighted by atomic mass is 32.2. The Morgan fingerprint density at radius 3 is 2.59 bits per heavy atom. The minimum atomic E-state index is -0.117. The van der Waals surface area contributed by atoms with Crippen LogP contribution in [0.1, 0.15) is 11.4 Å². The Kier molecular flexibility index (Phi) is 6.38. The first-order valence-electron chi connectivity index (χ1n) is 9.06. The second-order valence-corrected chi connectivity index (χ2v) is 7.38. The average molecular weight is 413 g/mol. The van der Waals surface area contributed by atoms with Gasteiger partial charge in [0, 0.05) is 19.2 Å². The van der Waals surface area contributed by atoms with Crippen LogP contribution >= 0.6 is 11.8 Å². The third-order valence-corrected chi connectivity index (χ3v) is 5.45. The summed E-state index contributed by atoms with van der Waals surface area (Å²) in [5.74, 6) is 1.59. The van der Waals surface area contributed by atoms with Gasteiger partial charge in [0.25, 0.3) is 0 Å². The minimum Gasteiger partial charge on any atom is -0.497 e. The fraction of sp³-hybridized carbons (Fsp3) is 0.300. The van der Waals surface area contributed by atoms with Gasteiger partial charge in [-0.3, -0.25) is 14.0 Å². The van der Waals surface area contributed by atoms with Crippen molar-refractivity contribution < 1.29 is 9.53 Å². The van der Waals surface area contributed by atoms with E-state index in [9.17, 15) is 4.79 Å². The number of nitrogens with zero attached hydrogens (tertiary/aromatic N) is 5. The summed E-state index contributed by atoms with van der Waals surface area (Å²) < 4.78 is 8.89. The van der Waals surface area contributed by atoms with E-state index in [-0.39, 0.29) is 11.7 Å². The highest BCUT2D eigenvalue weighted by Crippen LogP contribution is 2.26. The Hall–Kier alpha value is -3.07. The summed E-state index contributed by atoms with van der Waals surface area (Å²) >= 11 is 1.33. The number of aryl methyl sites for hydroxylation is 2. The molecule has 0 saturated heterocycles. The zero-order valence-corrected chi connectivity index (χ0v) is 17.8. The predicted molar refractivity (Wildman–Crippen MR) is 114 cm³/mol. The molecule has 9 heteroatoms. The van der Waals surface area contributed by atoms with E-state index < -0.39 is 0 Å². The SMILES string of the molecule is C=CCn1c(SCC(=O)Nc2c(C)nn(C)c2C)nnc1-c1ccc(OC)cc1. The van der Waals surface area contributed by atoms with Crippen molar-refractivity contribution in [3.63, 3.8) is 0 Å². The molecule has 152 valence electrons. The van der Waals surface area contributed by atoms with E-state index in [1.165, 1.54) is 11.8 Å². The maximum atomic E-state index is 12.5. The number of benzene rings is 1. The van der Waals surface area contributed by atoms with Crippen molar-refractivity contribution in [3.05, 3.63) is 48.3 Å². The van der Waals surface area contributed by atoms with Gasteiger partial charge in [0.05, 0.1) is 29.9 Å². The third-order valence-electron chi connectivity index (χ3n) is 4.48. The number of hydrogen-bond donors (Lipinski definition) is 1. The van der Waals surface area contributed by atoms with Crippen molar-refractivity contribution in [3.8, 4) is 17.1 Å². The molecule has 0 spiro atoms. The summed E-state index contributed by atoms with van der Waals surface area (Å²) in [5.41, 5.74) is 3.38. The van der Waals surface area contributed by atoms with Crippen molar-refractivity contribution in [1.29, 1.82) is 0 Å². The smallest absolute Gasteiger partial charge is 0.234 e. The van der Waals surface area contributed by atoms with Gasteiger partial charge in [0.1, 0.15) is 5.75 Å². The molecule has 29 heavy (non-hydrogen) atoms. The molecule has 0 aliphatic rings. The van der Waals surface area contributed by atoms with Crippen LogP contribution in [0.15, 0.2) is 42.1 Å². The molecule has 0 bridgehead atoms. The van der Waals surface area contributed by atoms with Crippen molar-refractivity contribution in [2.75, 3.05) is 18.2 Å². The van der Waals surface area contributed by atoms with Crippen molar-refractivity contribution in [2.24, 2.45) is 7.05 Å². The summed E-state index contributed by atoms with van der Waals surface area (Å²) in [5, 5.41) is 16.5. The Morgan fingerprint density at radius 1 is 1.28 bits per heavy atom. The zero-order chi connectivity index (χ0) is 21.0. The van der Waals surface area contributed by atoms with E-state index in [1.807, 2.05) is 49.7 Å². The first-order valence-corrected chi connectivity index (χ1v) is 10.0. The summed E-state index contributed by atoms with van der Waals surface area (Å²) in [6.45, 7) is 8.15. The molecule has 2 aromatic heterocycles. The lowest BCUT2D eigenvalue weighted by Gasteiger charge is -2.09. The number of aromatic nitrogens is 5. The predicted octanol–water partition coefficient (Wildman–Crippen LogP) is 3.22. The van der Waals surface area contributed by atoms with Gasteiger partial charge in [0.15, 0.2) is 11.0 Å². The van der Waals surface area contributed by atoms with Crippen LogP contribution in [-0.4, -0.2) is 43.3 Å². The maximum absolute atomic E-state index is 12.5. The second kappa shape index (κ2) is 8.95. The topological polar surface area (TPSA) is 86.9 Å². The van der Waals surface area contributed by atoms with Crippen LogP contribution < -0.4 is 10.1 Å². The summed E-state index contributed by atoms with van der Waals surface area (Å²) in [7, 11) is 3.48. The molecule has 3 rings (SSSR count). The van der Waals surface area contributed by atoms with E-state index in [0.29, 0.717) is 11.7 Å². The number of carbonyl (C=O) groups is 1. The monoisotopic (exact) mass is 412 g/mol. The minimum absolute atomic E-state index is 0.117. The highest BCUT2D eigenvalue weighted by molar-refractivity contribution is 7.99. The van der Waals surface area contributed by atoms with Crippen molar-refractivity contribution >= 4 is 23.4 Å². The lowest BCUT2D eigenvalue weighted by molar-refractivity contribution is -0.113. The number of allylic oxidation sites excluding steroid dienone is 1. The molecule has 0 unspecified atom stereocenters. The van der Waals surface area contributed by atoms with E-state index in [0.717, 1.165) is 34.2 Å². The number of carbonyl (C=O) groups excluding carboxylic acids is 1. The lowest BCUT2D eigenvalue weighted by Crippen LogP contribution is -2.15. The second-order valence-electron chi connectivity index (χ2n) is 6.44. The van der Waals surface area contributed by atoms with Crippen LogP contribution in [-0.2, 0) is 18.4 Å². The first-order chi connectivity index (χ1) is 13.9. The highest BCUT2D eigenvalue weighted by Gasteiger charge is 2.17. The van der Waals surface area contributed by atoms with Gasteiger partial charge in [-0.2, -0.15) is 5.10 Å². The van der Waals surface area contributed by atoms with Gasteiger partial charge in [0.2, 0.25) is 5.91 Å². The number of thioether (sulfide) groups is 1. The van der Waals surface area contributed by atoms with Gasteiger partial charge in [-0.25, -0.2) is 0 Å². The molecule has 1 aromatic carbocycles. The molecule has 1 N–H and O–H groups in total. The number of nitrogens with one attached hydrogen (secondary N) is 1. The maximum Gasteiger partial charge on any atom is 0.234 e. The molecule has 0 saturated carbocycles. The first kappa shape index (κ1) is 20.7. The molecule has 0 aliphatic heterocycles. The number of amides is 1. The number of rotatable bonds is 8. The molecule has 0 fully saturated rings. The Bertz CT molecular complexity index is 1020. The van der Waals surface area contributed by atoms with Crippen molar-refractivity contribution in [1.82, 2.24) is 24.5 Å².